The van der Waals surface area contributed by atoms with Gasteiger partial charge in [0, 0.05) is 25.2 Å². The highest BCUT2D eigenvalue weighted by Gasteiger charge is 2.32. The lowest BCUT2D eigenvalue weighted by atomic mass is 10.1. The maximum atomic E-state index is 12.5. The zero-order chi connectivity index (χ0) is 16.6. The van der Waals surface area contributed by atoms with Gasteiger partial charge in [0.1, 0.15) is 0 Å². The van der Waals surface area contributed by atoms with Gasteiger partial charge in [-0.15, -0.1) is 0 Å². The lowest BCUT2D eigenvalue weighted by molar-refractivity contribution is -0.141. The molecular weight excluding hydrogens is 320 g/mol. The molecule has 0 radical (unpaired) electrons. The summed E-state index contributed by atoms with van der Waals surface area (Å²) < 4.78 is 25.3. The van der Waals surface area contributed by atoms with Crippen molar-refractivity contribution in [3.63, 3.8) is 0 Å². The number of hydrogen-bond donors (Lipinski definition) is 1. The molecule has 1 atom stereocenters. The van der Waals surface area contributed by atoms with Crippen LogP contribution in [0, 0.1) is 5.92 Å². The third-order valence-electron chi connectivity index (χ3n) is 4.31. The van der Waals surface area contributed by atoms with Crippen LogP contribution in [-0.2, 0) is 14.8 Å². The second kappa shape index (κ2) is 5.84. The fourth-order valence-corrected chi connectivity index (χ4v) is 4.61. The molecule has 2 heterocycles. The number of amides is 1. The van der Waals surface area contributed by atoms with Crippen LogP contribution in [0.2, 0.25) is 0 Å². The first-order valence-electron chi connectivity index (χ1n) is 7.51. The molecule has 0 aliphatic carbocycles. The molecule has 1 N–H and O–H groups in total. The Morgan fingerprint density at radius 3 is 2.61 bits per heavy atom. The van der Waals surface area contributed by atoms with Gasteiger partial charge in [-0.2, -0.15) is 0 Å². The van der Waals surface area contributed by atoms with Crippen LogP contribution in [-0.4, -0.2) is 55.7 Å². The molecule has 0 aromatic heterocycles. The van der Waals surface area contributed by atoms with Gasteiger partial charge in [-0.1, -0.05) is 6.07 Å². The number of anilines is 1. The van der Waals surface area contributed by atoms with E-state index >= 15 is 0 Å². The molecule has 0 saturated carbocycles. The zero-order valence-electron chi connectivity index (χ0n) is 12.5. The van der Waals surface area contributed by atoms with Gasteiger partial charge in [0.05, 0.1) is 17.4 Å². The van der Waals surface area contributed by atoms with E-state index in [1.54, 1.807) is 24.3 Å². The van der Waals surface area contributed by atoms with Gasteiger partial charge in [0.15, 0.2) is 0 Å². The second-order valence-electron chi connectivity index (χ2n) is 5.87. The van der Waals surface area contributed by atoms with Crippen LogP contribution in [0.25, 0.3) is 0 Å². The summed E-state index contributed by atoms with van der Waals surface area (Å²) in [5.41, 5.74) is 0.873. The number of aliphatic carboxylic acids is 1. The molecule has 3 rings (SSSR count). The summed E-state index contributed by atoms with van der Waals surface area (Å²) in [7, 11) is -3.29. The van der Waals surface area contributed by atoms with Gasteiger partial charge in [-0.3, -0.25) is 13.9 Å². The number of carboxylic acids is 1. The van der Waals surface area contributed by atoms with Crippen LogP contribution in [0.1, 0.15) is 23.2 Å². The number of nitrogens with zero attached hydrogens (tertiary/aromatic N) is 2. The van der Waals surface area contributed by atoms with Gasteiger partial charge in [-0.25, -0.2) is 8.42 Å². The van der Waals surface area contributed by atoms with E-state index in [2.05, 4.69) is 0 Å². The molecule has 1 unspecified atom stereocenters. The summed E-state index contributed by atoms with van der Waals surface area (Å²) >= 11 is 0. The number of likely N-dealkylation sites (tertiary alicyclic amines) is 1. The summed E-state index contributed by atoms with van der Waals surface area (Å²) in [6, 6.07) is 6.52. The minimum absolute atomic E-state index is 0.123. The summed E-state index contributed by atoms with van der Waals surface area (Å²) in [4.78, 5) is 25.0. The molecule has 7 nitrogen and oxygen atoms in total. The molecule has 1 aromatic carbocycles. The highest BCUT2D eigenvalue weighted by molar-refractivity contribution is 7.93. The predicted octanol–water partition coefficient (Wildman–Crippen LogP) is 0.773. The van der Waals surface area contributed by atoms with E-state index in [0.717, 1.165) is 0 Å². The molecule has 1 aromatic rings. The number of carbonyl (C=O) groups excluding carboxylic acids is 1. The van der Waals surface area contributed by atoms with E-state index in [0.29, 0.717) is 37.2 Å². The number of rotatable bonds is 3. The Morgan fingerprint density at radius 2 is 2.00 bits per heavy atom. The molecule has 2 fully saturated rings. The molecule has 1 amide bonds. The van der Waals surface area contributed by atoms with Crippen LogP contribution in [0.3, 0.4) is 0 Å². The number of carbonyl (C=O) groups is 2. The molecule has 124 valence electrons. The summed E-state index contributed by atoms with van der Waals surface area (Å²) in [6.07, 6.45) is 1.02. The fraction of sp³-hybridized carbons (Fsp3) is 0.467. The molecule has 2 aliphatic heterocycles. The Bertz CT molecular complexity index is 746. The largest absolute Gasteiger partial charge is 0.481 e. The van der Waals surface area contributed by atoms with Crippen molar-refractivity contribution in [2.75, 3.05) is 29.7 Å². The Kier molecular flexibility index (Phi) is 4.01. The van der Waals surface area contributed by atoms with Crippen molar-refractivity contribution in [3.05, 3.63) is 29.8 Å². The highest BCUT2D eigenvalue weighted by atomic mass is 32.2. The summed E-state index contributed by atoms with van der Waals surface area (Å²) in [5.74, 6) is -1.55. The Hall–Kier alpha value is -2.09. The first-order valence-corrected chi connectivity index (χ1v) is 9.12. The summed E-state index contributed by atoms with van der Waals surface area (Å²) in [6.45, 7) is 1.02. The van der Waals surface area contributed by atoms with Crippen molar-refractivity contribution >= 4 is 27.6 Å². The van der Waals surface area contributed by atoms with E-state index in [1.165, 1.54) is 9.21 Å². The lowest BCUT2D eigenvalue weighted by Crippen LogP contribution is -2.30. The Labute approximate surface area is 134 Å². The topological polar surface area (TPSA) is 95.0 Å². The van der Waals surface area contributed by atoms with E-state index in [-0.39, 0.29) is 18.2 Å². The standard InChI is InChI=1S/C15H18N2O5S/c18-14(16-7-5-12(10-16)15(19)20)11-3-1-4-13(9-11)17-6-2-8-23(17,21)22/h1,3-4,9,12H,2,5-8,10H2,(H,19,20). The monoisotopic (exact) mass is 338 g/mol. The quantitative estimate of drug-likeness (QED) is 0.878. The van der Waals surface area contributed by atoms with Crippen LogP contribution in [0.5, 0.6) is 0 Å². The average molecular weight is 338 g/mol. The van der Waals surface area contributed by atoms with Crippen LogP contribution >= 0.6 is 0 Å². The van der Waals surface area contributed by atoms with Gasteiger partial charge in [0.2, 0.25) is 10.0 Å². The number of hydrogen-bond acceptors (Lipinski definition) is 4. The molecule has 8 heteroatoms. The van der Waals surface area contributed by atoms with E-state index in [9.17, 15) is 18.0 Å². The van der Waals surface area contributed by atoms with E-state index in [1.807, 2.05) is 0 Å². The third kappa shape index (κ3) is 3.03. The van der Waals surface area contributed by atoms with Crippen molar-refractivity contribution in [1.29, 1.82) is 0 Å². The maximum absolute atomic E-state index is 12.5. The molecule has 2 saturated heterocycles. The maximum Gasteiger partial charge on any atom is 0.308 e. The normalized spacial score (nSPS) is 23.2. The van der Waals surface area contributed by atoms with Gasteiger partial charge >= 0.3 is 5.97 Å². The van der Waals surface area contributed by atoms with Crippen LogP contribution in [0.4, 0.5) is 5.69 Å². The van der Waals surface area contributed by atoms with Crippen molar-refractivity contribution in [1.82, 2.24) is 4.90 Å². The molecule has 2 aliphatic rings. The van der Waals surface area contributed by atoms with E-state index in [4.69, 9.17) is 5.11 Å². The SMILES string of the molecule is O=C(O)C1CCN(C(=O)c2cccc(N3CCCS3(=O)=O)c2)C1. The first-order chi connectivity index (χ1) is 10.9. The molecule has 0 spiro atoms. The Balaban J connectivity index is 1.80. The van der Waals surface area contributed by atoms with Crippen molar-refractivity contribution < 1.29 is 23.1 Å². The first kappa shape index (κ1) is 15.8. The second-order valence-corrected chi connectivity index (χ2v) is 7.88. The lowest BCUT2D eigenvalue weighted by Gasteiger charge is -2.19. The third-order valence-corrected chi connectivity index (χ3v) is 6.17. The fourth-order valence-electron chi connectivity index (χ4n) is 3.05. The smallest absolute Gasteiger partial charge is 0.308 e. The van der Waals surface area contributed by atoms with Gasteiger partial charge < -0.3 is 10.0 Å². The minimum Gasteiger partial charge on any atom is -0.481 e. The average Bonchev–Trinajstić information content (AvgIpc) is 3.13. The molecular formula is C15H18N2O5S. The van der Waals surface area contributed by atoms with Crippen LogP contribution < -0.4 is 4.31 Å². The number of benzene rings is 1. The van der Waals surface area contributed by atoms with Crippen molar-refractivity contribution in [3.8, 4) is 0 Å². The van der Waals surface area contributed by atoms with Gasteiger partial charge in [0.25, 0.3) is 5.91 Å². The Morgan fingerprint density at radius 1 is 1.22 bits per heavy atom. The van der Waals surface area contributed by atoms with Crippen molar-refractivity contribution in [2.24, 2.45) is 5.92 Å². The molecule has 0 bridgehead atoms. The predicted molar refractivity (Wildman–Crippen MR) is 83.8 cm³/mol. The van der Waals surface area contributed by atoms with Crippen molar-refractivity contribution in [2.45, 2.75) is 12.8 Å². The number of carboxylic acid groups (broad SMARTS) is 1. The van der Waals surface area contributed by atoms with Gasteiger partial charge in [-0.05, 0) is 31.0 Å². The molecule has 23 heavy (non-hydrogen) atoms. The number of sulfonamides is 1. The van der Waals surface area contributed by atoms with Crippen LogP contribution in [0.15, 0.2) is 24.3 Å². The zero-order valence-corrected chi connectivity index (χ0v) is 13.3. The summed E-state index contributed by atoms with van der Waals surface area (Å²) in [5, 5.41) is 9.02. The van der Waals surface area contributed by atoms with E-state index < -0.39 is 21.9 Å². The minimum atomic E-state index is -3.29. The highest BCUT2D eigenvalue weighted by Crippen LogP contribution is 2.26.